The van der Waals surface area contributed by atoms with E-state index in [1.165, 1.54) is 0 Å². The van der Waals surface area contributed by atoms with E-state index in [1.807, 2.05) is 79.7 Å². The summed E-state index contributed by atoms with van der Waals surface area (Å²) in [5.41, 5.74) is 0.628. The van der Waals surface area contributed by atoms with Crippen molar-refractivity contribution in [1.29, 1.82) is 0 Å². The highest BCUT2D eigenvalue weighted by Crippen LogP contribution is 2.36. The van der Waals surface area contributed by atoms with Crippen LogP contribution in [0.15, 0.2) is 24.3 Å². The van der Waals surface area contributed by atoms with Crippen molar-refractivity contribution in [2.45, 2.75) is 78.2 Å². The van der Waals surface area contributed by atoms with E-state index in [0.29, 0.717) is 0 Å². The lowest BCUT2D eigenvalue weighted by molar-refractivity contribution is 0.00578. The largest absolute Gasteiger partial charge is 0.494 e. The number of amides is 1. The number of hydrogen-bond donors (Lipinski definition) is 1. The van der Waals surface area contributed by atoms with Crippen LogP contribution in [0.4, 0.5) is 4.79 Å². The molecular weight excluding hydrogens is 317 g/mol. The molecule has 6 heteroatoms. The Bertz CT molecular complexity index is 621. The van der Waals surface area contributed by atoms with Gasteiger partial charge in [-0.15, -0.1) is 0 Å². The zero-order chi connectivity index (χ0) is 19.0. The highest BCUT2D eigenvalue weighted by atomic mass is 16.7. The average Bonchev–Trinajstić information content (AvgIpc) is 2.65. The Morgan fingerprint density at radius 3 is 2.24 bits per heavy atom. The minimum Gasteiger partial charge on any atom is -0.444 e. The molecule has 1 aliphatic rings. The minimum atomic E-state index is -0.519. The van der Waals surface area contributed by atoms with Crippen LogP contribution in [0.3, 0.4) is 0 Å². The Hall–Kier alpha value is -1.53. The highest BCUT2D eigenvalue weighted by molar-refractivity contribution is 6.62. The molecule has 0 saturated carbocycles. The molecule has 0 aliphatic carbocycles. The van der Waals surface area contributed by atoms with Crippen LogP contribution >= 0.6 is 0 Å². The molecule has 0 spiro atoms. The van der Waals surface area contributed by atoms with E-state index in [-0.39, 0.29) is 17.2 Å². The molecule has 1 N–H and O–H groups in total. The van der Waals surface area contributed by atoms with Crippen LogP contribution in [0.25, 0.3) is 0 Å². The summed E-state index contributed by atoms with van der Waals surface area (Å²) >= 11 is 0. The van der Waals surface area contributed by atoms with Crippen LogP contribution in [-0.4, -0.2) is 30.0 Å². The Labute approximate surface area is 151 Å². The van der Waals surface area contributed by atoms with Gasteiger partial charge in [-0.1, -0.05) is 24.3 Å². The first-order valence-electron chi connectivity index (χ1n) is 8.76. The standard InChI is InChI=1S/C19H30BNO4/c1-13(21-16(22)23-17(2,3)4)14-10-9-11-15(12-14)20-24-18(5,6)19(7,8)25-20/h9-13H,1-8H3,(H,21,22). The lowest BCUT2D eigenvalue weighted by atomic mass is 9.78. The van der Waals surface area contributed by atoms with Gasteiger partial charge in [0.05, 0.1) is 17.2 Å². The van der Waals surface area contributed by atoms with Gasteiger partial charge < -0.3 is 19.4 Å². The van der Waals surface area contributed by atoms with Gasteiger partial charge in [0.15, 0.2) is 0 Å². The third-order valence-electron chi connectivity index (χ3n) is 4.67. The smallest absolute Gasteiger partial charge is 0.444 e. The number of alkyl carbamates (subject to hydrolysis) is 1. The summed E-state index contributed by atoms with van der Waals surface area (Å²) in [6.07, 6.45) is -0.430. The van der Waals surface area contributed by atoms with E-state index in [4.69, 9.17) is 14.0 Å². The van der Waals surface area contributed by atoms with E-state index in [1.54, 1.807) is 0 Å². The number of carbonyl (C=O) groups excluding carboxylic acids is 1. The summed E-state index contributed by atoms with van der Waals surface area (Å²) in [4.78, 5) is 12.0. The van der Waals surface area contributed by atoms with Crippen molar-refractivity contribution in [1.82, 2.24) is 5.32 Å². The van der Waals surface area contributed by atoms with Crippen molar-refractivity contribution in [3.8, 4) is 0 Å². The van der Waals surface area contributed by atoms with E-state index in [9.17, 15) is 4.79 Å². The molecule has 0 bridgehead atoms. The predicted octanol–water partition coefficient (Wildman–Crippen LogP) is 3.57. The summed E-state index contributed by atoms with van der Waals surface area (Å²) in [5.74, 6) is 0. The van der Waals surface area contributed by atoms with Crippen molar-refractivity contribution in [3.63, 3.8) is 0 Å². The number of rotatable bonds is 3. The van der Waals surface area contributed by atoms with Gasteiger partial charge >= 0.3 is 13.2 Å². The molecule has 2 rings (SSSR count). The van der Waals surface area contributed by atoms with Gasteiger partial charge in [0, 0.05) is 0 Å². The number of carbonyl (C=O) groups is 1. The summed E-state index contributed by atoms with van der Waals surface area (Å²) in [6.45, 7) is 15.6. The maximum absolute atomic E-state index is 12.0. The zero-order valence-corrected chi connectivity index (χ0v) is 16.6. The minimum absolute atomic E-state index is 0.183. The maximum Gasteiger partial charge on any atom is 0.494 e. The number of hydrogen-bond acceptors (Lipinski definition) is 4. The lowest BCUT2D eigenvalue weighted by Crippen LogP contribution is -2.41. The molecule has 138 valence electrons. The van der Waals surface area contributed by atoms with Crippen LogP contribution in [0, 0.1) is 0 Å². The van der Waals surface area contributed by atoms with Crippen LogP contribution < -0.4 is 10.8 Å². The van der Waals surface area contributed by atoms with Crippen LogP contribution in [0.2, 0.25) is 0 Å². The molecule has 1 aliphatic heterocycles. The van der Waals surface area contributed by atoms with E-state index in [0.717, 1.165) is 11.0 Å². The van der Waals surface area contributed by atoms with E-state index >= 15 is 0 Å². The molecule has 0 radical (unpaired) electrons. The van der Waals surface area contributed by atoms with Crippen LogP contribution in [0.1, 0.15) is 67.0 Å². The summed E-state index contributed by atoms with van der Waals surface area (Å²) in [5, 5.41) is 2.86. The van der Waals surface area contributed by atoms with Gasteiger partial charge in [0.1, 0.15) is 5.60 Å². The van der Waals surface area contributed by atoms with Crippen molar-refractivity contribution in [2.75, 3.05) is 0 Å². The fourth-order valence-electron chi connectivity index (χ4n) is 2.52. The molecule has 1 aromatic rings. The fourth-order valence-corrected chi connectivity index (χ4v) is 2.52. The third-order valence-corrected chi connectivity index (χ3v) is 4.67. The van der Waals surface area contributed by atoms with Gasteiger partial charge in [-0.3, -0.25) is 0 Å². The maximum atomic E-state index is 12.0. The normalized spacial score (nSPS) is 20.2. The first kappa shape index (κ1) is 19.8. The Morgan fingerprint density at radius 2 is 1.72 bits per heavy atom. The molecule has 1 fully saturated rings. The van der Waals surface area contributed by atoms with Crippen molar-refractivity contribution >= 4 is 18.7 Å². The summed E-state index contributed by atoms with van der Waals surface area (Å²) < 4.78 is 17.5. The molecule has 5 nitrogen and oxygen atoms in total. The molecule has 1 unspecified atom stereocenters. The van der Waals surface area contributed by atoms with E-state index in [2.05, 4.69) is 5.32 Å². The predicted molar refractivity (Wildman–Crippen MR) is 99.9 cm³/mol. The van der Waals surface area contributed by atoms with Crippen LogP contribution in [-0.2, 0) is 14.0 Å². The molecule has 1 aromatic carbocycles. The van der Waals surface area contributed by atoms with Gasteiger partial charge in [0.2, 0.25) is 0 Å². The number of ether oxygens (including phenoxy) is 1. The Kier molecular flexibility index (Phi) is 5.27. The molecule has 25 heavy (non-hydrogen) atoms. The molecule has 1 atom stereocenters. The first-order valence-corrected chi connectivity index (χ1v) is 8.76. The zero-order valence-electron chi connectivity index (χ0n) is 16.6. The first-order chi connectivity index (χ1) is 11.3. The van der Waals surface area contributed by atoms with Crippen molar-refractivity contribution in [3.05, 3.63) is 29.8 Å². The van der Waals surface area contributed by atoms with Gasteiger partial charge in [-0.2, -0.15) is 0 Å². The molecule has 0 aromatic heterocycles. The van der Waals surface area contributed by atoms with Gasteiger partial charge in [-0.05, 0) is 66.4 Å². The lowest BCUT2D eigenvalue weighted by Gasteiger charge is -2.32. The van der Waals surface area contributed by atoms with E-state index < -0.39 is 18.8 Å². The van der Waals surface area contributed by atoms with Gasteiger partial charge in [-0.25, -0.2) is 4.79 Å². The second-order valence-corrected chi connectivity index (χ2v) is 8.63. The highest BCUT2D eigenvalue weighted by Gasteiger charge is 2.51. The van der Waals surface area contributed by atoms with Crippen LogP contribution in [0.5, 0.6) is 0 Å². The topological polar surface area (TPSA) is 56.8 Å². The van der Waals surface area contributed by atoms with Crippen molar-refractivity contribution in [2.24, 2.45) is 0 Å². The Balaban J connectivity index is 2.10. The van der Waals surface area contributed by atoms with Gasteiger partial charge in [0.25, 0.3) is 0 Å². The monoisotopic (exact) mass is 347 g/mol. The summed E-state index contributed by atoms with van der Waals surface area (Å²) in [7, 11) is -0.418. The molecular formula is C19H30BNO4. The number of benzene rings is 1. The van der Waals surface area contributed by atoms with Crippen molar-refractivity contribution < 1.29 is 18.8 Å². The third kappa shape index (κ3) is 4.76. The average molecular weight is 347 g/mol. The second kappa shape index (κ2) is 6.65. The second-order valence-electron chi connectivity index (χ2n) is 8.63. The quantitative estimate of drug-likeness (QED) is 0.850. The molecule has 1 heterocycles. The Morgan fingerprint density at radius 1 is 1.16 bits per heavy atom. The molecule has 1 amide bonds. The molecule has 1 saturated heterocycles. The SMILES string of the molecule is CC(NC(=O)OC(C)(C)C)c1cccc(B2OC(C)(C)C(C)(C)O2)c1. The number of nitrogens with one attached hydrogen (secondary N) is 1. The summed E-state index contributed by atoms with van der Waals surface area (Å²) in [6, 6.07) is 7.72. The fraction of sp³-hybridized carbons (Fsp3) is 0.632.